The Morgan fingerprint density at radius 3 is 2.42 bits per heavy atom. The standard InChI is InChI=1S/C20H22N2O4/c23-19(11-13-22-12-10-15(14-22)20(24)25)21-16-6-8-18(9-7-16)26-17-4-2-1-3-5-17/h1-9,15H,10-14H2,(H,21,23)(H,24,25). The van der Waals surface area contributed by atoms with E-state index in [4.69, 9.17) is 9.84 Å². The van der Waals surface area contributed by atoms with Crippen LogP contribution in [0.15, 0.2) is 54.6 Å². The molecular weight excluding hydrogens is 332 g/mol. The van der Waals surface area contributed by atoms with E-state index in [0.29, 0.717) is 37.4 Å². The second-order valence-electron chi connectivity index (χ2n) is 6.36. The van der Waals surface area contributed by atoms with Crippen LogP contribution in [0.1, 0.15) is 12.8 Å². The summed E-state index contributed by atoms with van der Waals surface area (Å²) in [6.07, 6.45) is 0.994. The Balaban J connectivity index is 1.44. The van der Waals surface area contributed by atoms with Gasteiger partial charge in [0.1, 0.15) is 11.5 Å². The van der Waals surface area contributed by atoms with Crippen molar-refractivity contribution in [2.45, 2.75) is 12.8 Å². The van der Waals surface area contributed by atoms with E-state index in [9.17, 15) is 9.59 Å². The molecule has 0 spiro atoms. The normalized spacial score (nSPS) is 17.0. The highest BCUT2D eigenvalue weighted by Crippen LogP contribution is 2.22. The minimum absolute atomic E-state index is 0.0829. The van der Waals surface area contributed by atoms with Crippen molar-refractivity contribution in [1.82, 2.24) is 4.90 Å². The van der Waals surface area contributed by atoms with Crippen LogP contribution in [0.4, 0.5) is 5.69 Å². The van der Waals surface area contributed by atoms with Crippen LogP contribution < -0.4 is 10.1 Å². The van der Waals surface area contributed by atoms with Crippen LogP contribution in [0.2, 0.25) is 0 Å². The van der Waals surface area contributed by atoms with Crippen molar-refractivity contribution in [3.63, 3.8) is 0 Å². The number of rotatable bonds is 7. The number of nitrogens with one attached hydrogen (secondary N) is 1. The third kappa shape index (κ3) is 5.07. The van der Waals surface area contributed by atoms with E-state index in [1.165, 1.54) is 0 Å². The lowest BCUT2D eigenvalue weighted by Crippen LogP contribution is -2.27. The van der Waals surface area contributed by atoms with Crippen molar-refractivity contribution in [3.05, 3.63) is 54.6 Å². The molecule has 1 atom stereocenters. The summed E-state index contributed by atoms with van der Waals surface area (Å²) in [5.41, 5.74) is 0.709. The van der Waals surface area contributed by atoms with Crippen LogP contribution in [0.5, 0.6) is 11.5 Å². The molecule has 1 saturated heterocycles. The van der Waals surface area contributed by atoms with Gasteiger partial charge in [-0.1, -0.05) is 18.2 Å². The Morgan fingerprint density at radius 1 is 1.08 bits per heavy atom. The predicted molar refractivity (Wildman–Crippen MR) is 98.4 cm³/mol. The van der Waals surface area contributed by atoms with Crippen LogP contribution in [0.3, 0.4) is 0 Å². The van der Waals surface area contributed by atoms with Gasteiger partial charge in [0.2, 0.25) is 5.91 Å². The Morgan fingerprint density at radius 2 is 1.77 bits per heavy atom. The predicted octanol–water partition coefficient (Wildman–Crippen LogP) is 3.21. The average Bonchev–Trinajstić information content (AvgIpc) is 3.12. The number of carbonyl (C=O) groups excluding carboxylic acids is 1. The van der Waals surface area contributed by atoms with E-state index in [2.05, 4.69) is 5.32 Å². The monoisotopic (exact) mass is 354 g/mol. The molecule has 0 bridgehead atoms. The van der Waals surface area contributed by atoms with E-state index < -0.39 is 5.97 Å². The first-order valence-corrected chi connectivity index (χ1v) is 8.68. The fourth-order valence-corrected chi connectivity index (χ4v) is 2.95. The molecule has 1 fully saturated rings. The third-order valence-electron chi connectivity index (χ3n) is 4.39. The van der Waals surface area contributed by atoms with Gasteiger partial charge in [-0.15, -0.1) is 0 Å². The zero-order valence-electron chi connectivity index (χ0n) is 14.4. The summed E-state index contributed by atoms with van der Waals surface area (Å²) in [7, 11) is 0. The number of nitrogens with zero attached hydrogens (tertiary/aromatic N) is 1. The van der Waals surface area contributed by atoms with Crippen LogP contribution in [-0.2, 0) is 9.59 Å². The number of carboxylic acids is 1. The summed E-state index contributed by atoms with van der Waals surface area (Å²) in [5, 5.41) is 11.9. The van der Waals surface area contributed by atoms with Gasteiger partial charge in [0, 0.05) is 25.2 Å². The Bertz CT molecular complexity index is 746. The molecule has 0 saturated carbocycles. The van der Waals surface area contributed by atoms with Gasteiger partial charge in [-0.05, 0) is 49.4 Å². The van der Waals surface area contributed by atoms with Gasteiger partial charge in [-0.3, -0.25) is 9.59 Å². The highest BCUT2D eigenvalue weighted by Gasteiger charge is 2.27. The topological polar surface area (TPSA) is 78.9 Å². The second kappa shape index (κ2) is 8.49. The quantitative estimate of drug-likeness (QED) is 0.798. The lowest BCUT2D eigenvalue weighted by molar-refractivity contribution is -0.141. The molecule has 26 heavy (non-hydrogen) atoms. The highest BCUT2D eigenvalue weighted by molar-refractivity contribution is 5.90. The van der Waals surface area contributed by atoms with E-state index >= 15 is 0 Å². The molecule has 1 aliphatic rings. The SMILES string of the molecule is O=C(CCN1CCC(C(=O)O)C1)Nc1ccc(Oc2ccccc2)cc1. The first-order valence-electron chi connectivity index (χ1n) is 8.68. The largest absolute Gasteiger partial charge is 0.481 e. The number of amides is 1. The van der Waals surface area contributed by atoms with Crippen molar-refractivity contribution in [2.24, 2.45) is 5.92 Å². The van der Waals surface area contributed by atoms with Gasteiger partial charge in [0.15, 0.2) is 0 Å². The van der Waals surface area contributed by atoms with E-state index in [0.717, 1.165) is 12.3 Å². The van der Waals surface area contributed by atoms with E-state index in [1.54, 1.807) is 24.3 Å². The Kier molecular flexibility index (Phi) is 5.86. The molecule has 0 aliphatic carbocycles. The van der Waals surface area contributed by atoms with Crippen molar-refractivity contribution >= 4 is 17.6 Å². The molecule has 1 unspecified atom stereocenters. The molecule has 6 nitrogen and oxygen atoms in total. The van der Waals surface area contributed by atoms with E-state index in [-0.39, 0.29) is 11.8 Å². The summed E-state index contributed by atoms with van der Waals surface area (Å²) in [5.74, 6) is 0.311. The molecule has 0 aromatic heterocycles. The Labute approximate surface area is 152 Å². The smallest absolute Gasteiger partial charge is 0.307 e. The third-order valence-corrected chi connectivity index (χ3v) is 4.39. The number of carbonyl (C=O) groups is 2. The van der Waals surface area contributed by atoms with Crippen molar-refractivity contribution in [2.75, 3.05) is 25.0 Å². The van der Waals surface area contributed by atoms with Crippen LogP contribution in [0.25, 0.3) is 0 Å². The van der Waals surface area contributed by atoms with Crippen LogP contribution in [-0.4, -0.2) is 41.5 Å². The van der Waals surface area contributed by atoms with Gasteiger partial charge in [0.25, 0.3) is 0 Å². The number of anilines is 1. The number of likely N-dealkylation sites (tertiary alicyclic amines) is 1. The molecule has 2 aromatic carbocycles. The maximum absolute atomic E-state index is 12.1. The fourth-order valence-electron chi connectivity index (χ4n) is 2.95. The maximum atomic E-state index is 12.1. The summed E-state index contributed by atoms with van der Waals surface area (Å²) in [6.45, 7) is 1.83. The first-order chi connectivity index (χ1) is 12.6. The molecule has 1 heterocycles. The van der Waals surface area contributed by atoms with Crippen molar-refractivity contribution in [3.8, 4) is 11.5 Å². The van der Waals surface area contributed by atoms with Gasteiger partial charge in [-0.2, -0.15) is 0 Å². The lowest BCUT2D eigenvalue weighted by atomic mass is 10.1. The van der Waals surface area contributed by atoms with Crippen molar-refractivity contribution in [1.29, 1.82) is 0 Å². The van der Waals surface area contributed by atoms with Crippen LogP contribution >= 0.6 is 0 Å². The van der Waals surface area contributed by atoms with Crippen molar-refractivity contribution < 1.29 is 19.4 Å². The molecule has 0 radical (unpaired) electrons. The number of benzene rings is 2. The summed E-state index contributed by atoms with van der Waals surface area (Å²) >= 11 is 0. The number of carboxylic acid groups (broad SMARTS) is 1. The van der Waals surface area contributed by atoms with Gasteiger partial charge in [-0.25, -0.2) is 0 Å². The first kappa shape index (κ1) is 17.9. The maximum Gasteiger partial charge on any atom is 0.307 e. The summed E-state index contributed by atoms with van der Waals surface area (Å²) in [4.78, 5) is 25.1. The molecule has 2 N–H and O–H groups in total. The number of para-hydroxylation sites is 1. The molecular formula is C20H22N2O4. The molecule has 3 rings (SSSR count). The zero-order chi connectivity index (χ0) is 18.4. The number of hydrogen-bond acceptors (Lipinski definition) is 4. The fraction of sp³-hybridized carbons (Fsp3) is 0.300. The molecule has 6 heteroatoms. The summed E-state index contributed by atoms with van der Waals surface area (Å²) < 4.78 is 5.72. The minimum Gasteiger partial charge on any atom is -0.481 e. The van der Waals surface area contributed by atoms with Crippen LogP contribution in [0, 0.1) is 5.92 Å². The number of ether oxygens (including phenoxy) is 1. The highest BCUT2D eigenvalue weighted by atomic mass is 16.5. The average molecular weight is 354 g/mol. The summed E-state index contributed by atoms with van der Waals surface area (Å²) in [6, 6.07) is 16.7. The minimum atomic E-state index is -0.755. The second-order valence-corrected chi connectivity index (χ2v) is 6.36. The van der Waals surface area contributed by atoms with E-state index in [1.807, 2.05) is 35.2 Å². The van der Waals surface area contributed by atoms with Gasteiger partial charge >= 0.3 is 5.97 Å². The molecule has 136 valence electrons. The molecule has 1 amide bonds. The Hall–Kier alpha value is -2.86. The zero-order valence-corrected chi connectivity index (χ0v) is 14.4. The molecule has 1 aliphatic heterocycles. The van der Waals surface area contributed by atoms with Gasteiger partial charge < -0.3 is 20.1 Å². The lowest BCUT2D eigenvalue weighted by Gasteiger charge is -2.14. The molecule has 2 aromatic rings. The number of aliphatic carboxylic acids is 1. The van der Waals surface area contributed by atoms with Gasteiger partial charge in [0.05, 0.1) is 5.92 Å². The number of hydrogen-bond donors (Lipinski definition) is 2.